The number of aliphatic imine (C=N–C) groups is 1. The average molecular weight is 383 g/mol. The molecule has 0 saturated heterocycles. The van der Waals surface area contributed by atoms with Gasteiger partial charge in [-0.05, 0) is 83.2 Å². The molecular formula is C23H17N3OS. The van der Waals surface area contributed by atoms with E-state index >= 15 is 0 Å². The summed E-state index contributed by atoms with van der Waals surface area (Å²) >= 11 is 1.17. The van der Waals surface area contributed by atoms with Crippen molar-refractivity contribution >= 4 is 40.2 Å². The van der Waals surface area contributed by atoms with Crippen molar-refractivity contribution in [1.82, 2.24) is 9.97 Å². The topological polar surface area (TPSA) is 55.2 Å². The molecule has 4 aromatic rings. The van der Waals surface area contributed by atoms with E-state index in [0.29, 0.717) is 5.69 Å². The molecule has 0 amide bonds. The highest BCUT2D eigenvalue weighted by molar-refractivity contribution is 8.13. The summed E-state index contributed by atoms with van der Waals surface area (Å²) < 4.78 is 0. The lowest BCUT2D eigenvalue weighted by atomic mass is 9.98. The minimum atomic E-state index is 0.0183. The van der Waals surface area contributed by atoms with Gasteiger partial charge >= 0.3 is 0 Å². The predicted octanol–water partition coefficient (Wildman–Crippen LogP) is 5.93. The fourth-order valence-corrected chi connectivity index (χ4v) is 3.90. The maximum absolute atomic E-state index is 11.6. The van der Waals surface area contributed by atoms with E-state index in [2.05, 4.69) is 27.7 Å². The second-order valence-corrected chi connectivity index (χ2v) is 7.48. The summed E-state index contributed by atoms with van der Waals surface area (Å²) in [7, 11) is 0. The van der Waals surface area contributed by atoms with Crippen molar-refractivity contribution in [2.45, 2.75) is 11.8 Å². The van der Waals surface area contributed by atoms with Gasteiger partial charge in [-0.2, -0.15) is 0 Å². The Hall–Kier alpha value is -3.31. The minimum absolute atomic E-state index is 0.0183. The Bertz CT molecular complexity index is 1190. The van der Waals surface area contributed by atoms with Crippen molar-refractivity contribution in [3.63, 3.8) is 0 Å². The molecule has 0 aliphatic heterocycles. The lowest BCUT2D eigenvalue weighted by molar-refractivity contribution is -0.109. The maximum Gasteiger partial charge on any atom is 0.190 e. The summed E-state index contributed by atoms with van der Waals surface area (Å²) in [6, 6.07) is 18.1. The van der Waals surface area contributed by atoms with E-state index in [-0.39, 0.29) is 5.12 Å². The van der Waals surface area contributed by atoms with Crippen LogP contribution in [0.2, 0.25) is 0 Å². The summed E-state index contributed by atoms with van der Waals surface area (Å²) in [4.78, 5) is 25.0. The number of hydrogen-bond acceptors (Lipinski definition) is 5. The molecule has 136 valence electrons. The first-order valence-corrected chi connectivity index (χ1v) is 9.56. The van der Waals surface area contributed by atoms with Crippen LogP contribution in [0.15, 0.2) is 83.1 Å². The second-order valence-electron chi connectivity index (χ2n) is 6.26. The number of fused-ring (bicyclic) bond motifs is 1. The summed E-state index contributed by atoms with van der Waals surface area (Å²) in [5.74, 6) is 0. The Kier molecular flexibility index (Phi) is 5.00. The monoisotopic (exact) mass is 383 g/mol. The first-order valence-electron chi connectivity index (χ1n) is 8.74. The molecule has 4 rings (SSSR count). The van der Waals surface area contributed by atoms with Crippen molar-refractivity contribution in [1.29, 1.82) is 0 Å². The lowest BCUT2D eigenvalue weighted by Crippen LogP contribution is -1.88. The van der Waals surface area contributed by atoms with Crippen molar-refractivity contribution in [3.05, 3.63) is 73.2 Å². The van der Waals surface area contributed by atoms with E-state index in [1.54, 1.807) is 19.3 Å². The summed E-state index contributed by atoms with van der Waals surface area (Å²) in [6.07, 6.45) is 5.40. The zero-order valence-corrected chi connectivity index (χ0v) is 16.1. The molecule has 2 aromatic carbocycles. The van der Waals surface area contributed by atoms with Gasteiger partial charge in [-0.1, -0.05) is 12.1 Å². The zero-order valence-electron chi connectivity index (χ0n) is 15.3. The fourth-order valence-electron chi connectivity index (χ4n) is 3.17. The largest absolute Gasteiger partial charge is 0.287 e. The molecule has 4 nitrogen and oxygen atoms in total. The third kappa shape index (κ3) is 3.57. The molecule has 0 aliphatic rings. The van der Waals surface area contributed by atoms with Gasteiger partial charge in [-0.25, -0.2) is 0 Å². The first kappa shape index (κ1) is 18.1. The fraction of sp³-hybridized carbons (Fsp3) is 0.0435. The molecule has 0 spiro atoms. The van der Waals surface area contributed by atoms with Crippen molar-refractivity contribution in [2.24, 2.45) is 4.99 Å². The third-order valence-corrected chi connectivity index (χ3v) is 5.28. The highest BCUT2D eigenvalue weighted by Crippen LogP contribution is 2.36. The molecule has 0 fully saturated rings. The predicted molar refractivity (Wildman–Crippen MR) is 116 cm³/mol. The number of carbonyl (C=O) groups excluding carboxylic acids is 1. The maximum atomic E-state index is 11.6. The van der Waals surface area contributed by atoms with E-state index < -0.39 is 0 Å². The van der Waals surface area contributed by atoms with Gasteiger partial charge in [0.15, 0.2) is 5.12 Å². The van der Waals surface area contributed by atoms with E-state index in [1.165, 1.54) is 11.8 Å². The van der Waals surface area contributed by atoms with Gasteiger partial charge < -0.3 is 0 Å². The molecule has 5 heteroatoms. The molecule has 0 N–H and O–H groups in total. The van der Waals surface area contributed by atoms with Gasteiger partial charge in [0.2, 0.25) is 0 Å². The molecule has 0 unspecified atom stereocenters. The van der Waals surface area contributed by atoms with E-state index in [0.717, 1.165) is 38.1 Å². The molecular weight excluding hydrogens is 366 g/mol. The van der Waals surface area contributed by atoms with Crippen LogP contribution < -0.4 is 0 Å². The van der Waals surface area contributed by atoms with Crippen molar-refractivity contribution in [3.8, 4) is 22.3 Å². The normalized spacial score (nSPS) is 10.8. The minimum Gasteiger partial charge on any atom is -0.287 e. The Morgan fingerprint density at radius 2 is 1.68 bits per heavy atom. The summed E-state index contributed by atoms with van der Waals surface area (Å²) in [5.41, 5.74) is 5.92. The van der Waals surface area contributed by atoms with Crippen LogP contribution >= 0.6 is 11.8 Å². The van der Waals surface area contributed by atoms with Crippen LogP contribution in [0.3, 0.4) is 0 Å². The standard InChI is InChI=1S/C23H17N3OS/c1-15(27)28-23-14-18(4-6-22(23)24-2)17-3-5-21-20(13-17)19(9-12-26-21)16-7-10-25-11-8-16/h3-14H,2H2,1H3. The lowest BCUT2D eigenvalue weighted by Gasteiger charge is -2.10. The third-order valence-electron chi connectivity index (χ3n) is 4.45. The van der Waals surface area contributed by atoms with Gasteiger partial charge in [-0.15, -0.1) is 0 Å². The van der Waals surface area contributed by atoms with Crippen LogP contribution in [0.4, 0.5) is 5.69 Å². The van der Waals surface area contributed by atoms with Crippen LogP contribution in [0, 0.1) is 0 Å². The average Bonchev–Trinajstić information content (AvgIpc) is 2.73. The number of aromatic nitrogens is 2. The highest BCUT2D eigenvalue weighted by atomic mass is 32.2. The van der Waals surface area contributed by atoms with Crippen LogP contribution in [-0.2, 0) is 4.79 Å². The SMILES string of the molecule is C=Nc1ccc(-c2ccc3nccc(-c4ccncc4)c3c2)cc1SC(C)=O. The number of rotatable bonds is 4. The zero-order chi connectivity index (χ0) is 19.5. The van der Waals surface area contributed by atoms with E-state index in [4.69, 9.17) is 0 Å². The second kappa shape index (κ2) is 7.74. The van der Waals surface area contributed by atoms with Gasteiger partial charge in [0.05, 0.1) is 11.2 Å². The quantitative estimate of drug-likeness (QED) is 0.323. The Morgan fingerprint density at radius 3 is 2.43 bits per heavy atom. The van der Waals surface area contributed by atoms with Gasteiger partial charge in [0.25, 0.3) is 0 Å². The molecule has 0 radical (unpaired) electrons. The number of nitrogens with zero attached hydrogens (tertiary/aromatic N) is 3. The van der Waals surface area contributed by atoms with E-state index in [9.17, 15) is 4.79 Å². The Labute approximate surface area is 167 Å². The highest BCUT2D eigenvalue weighted by Gasteiger charge is 2.10. The van der Waals surface area contributed by atoms with Crippen LogP contribution in [-0.4, -0.2) is 21.8 Å². The Balaban J connectivity index is 1.86. The Morgan fingerprint density at radius 1 is 0.929 bits per heavy atom. The van der Waals surface area contributed by atoms with Gasteiger partial charge in [0.1, 0.15) is 0 Å². The molecule has 0 aliphatic carbocycles. The smallest absolute Gasteiger partial charge is 0.190 e. The van der Waals surface area contributed by atoms with E-state index in [1.807, 2.05) is 54.7 Å². The summed E-state index contributed by atoms with van der Waals surface area (Å²) in [5, 5.41) is 1.09. The molecule has 2 heterocycles. The van der Waals surface area contributed by atoms with Gasteiger partial charge in [0, 0.05) is 35.8 Å². The van der Waals surface area contributed by atoms with Crippen molar-refractivity contribution < 1.29 is 4.79 Å². The molecule has 28 heavy (non-hydrogen) atoms. The number of carbonyl (C=O) groups is 1. The number of pyridine rings is 2. The van der Waals surface area contributed by atoms with Crippen LogP contribution in [0.1, 0.15) is 6.92 Å². The first-order chi connectivity index (χ1) is 13.7. The number of benzene rings is 2. The van der Waals surface area contributed by atoms with Crippen molar-refractivity contribution in [2.75, 3.05) is 0 Å². The number of hydrogen-bond donors (Lipinski definition) is 0. The molecule has 0 atom stereocenters. The van der Waals surface area contributed by atoms with Crippen LogP contribution in [0.25, 0.3) is 33.2 Å². The summed E-state index contributed by atoms with van der Waals surface area (Å²) in [6.45, 7) is 5.15. The molecule has 2 aromatic heterocycles. The molecule has 0 saturated carbocycles. The molecule has 0 bridgehead atoms. The van der Waals surface area contributed by atoms with Crippen LogP contribution in [0.5, 0.6) is 0 Å². The number of thioether (sulfide) groups is 1. The van der Waals surface area contributed by atoms with Gasteiger partial charge in [-0.3, -0.25) is 19.8 Å².